The summed E-state index contributed by atoms with van der Waals surface area (Å²) in [6.07, 6.45) is 3.42. The van der Waals surface area contributed by atoms with E-state index in [0.717, 1.165) is 37.6 Å². The average molecular weight is 298 g/mol. The van der Waals surface area contributed by atoms with E-state index in [9.17, 15) is 0 Å². The zero-order valence-corrected chi connectivity index (χ0v) is 13.7. The van der Waals surface area contributed by atoms with E-state index in [1.165, 1.54) is 12.0 Å². The van der Waals surface area contributed by atoms with Crippen molar-refractivity contribution in [1.82, 2.24) is 5.32 Å². The summed E-state index contributed by atoms with van der Waals surface area (Å²) in [4.78, 5) is 0. The van der Waals surface area contributed by atoms with Crippen molar-refractivity contribution in [3.63, 3.8) is 0 Å². The van der Waals surface area contributed by atoms with E-state index < -0.39 is 0 Å². The van der Waals surface area contributed by atoms with Crippen LogP contribution in [0.5, 0.6) is 0 Å². The zero-order chi connectivity index (χ0) is 14.8. The number of ether oxygens (including phenoxy) is 1. The molecule has 1 atom stereocenters. The third-order valence-electron chi connectivity index (χ3n) is 3.38. The standard InChI is InChI=1S/C17H28ClNO/c1-14(2)12-19-13-16(5-4-10-20-3)11-15-6-8-17(18)9-7-15/h6-9,14,16,19H,4-5,10-13H2,1-3H3. The van der Waals surface area contributed by atoms with Crippen LogP contribution >= 0.6 is 11.6 Å². The van der Waals surface area contributed by atoms with Gasteiger partial charge in [-0.05, 0) is 61.9 Å². The van der Waals surface area contributed by atoms with E-state index in [1.807, 2.05) is 12.1 Å². The number of halogens is 1. The maximum absolute atomic E-state index is 5.94. The summed E-state index contributed by atoms with van der Waals surface area (Å²) < 4.78 is 5.16. The van der Waals surface area contributed by atoms with Crippen LogP contribution in [0.25, 0.3) is 0 Å². The highest BCUT2D eigenvalue weighted by atomic mass is 35.5. The molecule has 1 aromatic rings. The molecule has 1 unspecified atom stereocenters. The Balaban J connectivity index is 2.45. The minimum absolute atomic E-state index is 0.657. The second kappa shape index (κ2) is 10.2. The van der Waals surface area contributed by atoms with Gasteiger partial charge in [0.1, 0.15) is 0 Å². The van der Waals surface area contributed by atoms with E-state index >= 15 is 0 Å². The predicted octanol–water partition coefficient (Wildman–Crippen LogP) is 4.17. The number of nitrogens with one attached hydrogen (secondary N) is 1. The largest absolute Gasteiger partial charge is 0.385 e. The smallest absolute Gasteiger partial charge is 0.0462 e. The van der Waals surface area contributed by atoms with Crippen molar-refractivity contribution in [2.24, 2.45) is 11.8 Å². The summed E-state index contributed by atoms with van der Waals surface area (Å²) in [5, 5.41) is 4.38. The summed E-state index contributed by atoms with van der Waals surface area (Å²) in [5.74, 6) is 1.36. The van der Waals surface area contributed by atoms with Gasteiger partial charge in [0.2, 0.25) is 0 Å². The van der Waals surface area contributed by atoms with Crippen molar-refractivity contribution in [1.29, 1.82) is 0 Å². The van der Waals surface area contributed by atoms with Gasteiger partial charge in [-0.2, -0.15) is 0 Å². The Bertz CT molecular complexity index is 351. The van der Waals surface area contributed by atoms with Gasteiger partial charge in [0.05, 0.1) is 0 Å². The fraction of sp³-hybridized carbons (Fsp3) is 0.647. The lowest BCUT2D eigenvalue weighted by molar-refractivity contribution is 0.186. The Hall–Kier alpha value is -0.570. The Morgan fingerprint density at radius 3 is 2.45 bits per heavy atom. The number of rotatable bonds is 10. The van der Waals surface area contributed by atoms with Gasteiger partial charge in [-0.3, -0.25) is 0 Å². The van der Waals surface area contributed by atoms with Gasteiger partial charge in [0.25, 0.3) is 0 Å². The summed E-state index contributed by atoms with van der Waals surface area (Å²) in [6, 6.07) is 8.22. The molecule has 20 heavy (non-hydrogen) atoms. The van der Waals surface area contributed by atoms with Gasteiger partial charge in [0.15, 0.2) is 0 Å². The van der Waals surface area contributed by atoms with Crippen LogP contribution in [0.1, 0.15) is 32.3 Å². The van der Waals surface area contributed by atoms with Crippen molar-refractivity contribution in [3.05, 3.63) is 34.9 Å². The van der Waals surface area contributed by atoms with Crippen molar-refractivity contribution in [2.45, 2.75) is 33.1 Å². The lowest BCUT2D eigenvalue weighted by Crippen LogP contribution is -2.27. The van der Waals surface area contributed by atoms with E-state index in [4.69, 9.17) is 16.3 Å². The van der Waals surface area contributed by atoms with Gasteiger partial charge >= 0.3 is 0 Å². The lowest BCUT2D eigenvalue weighted by atomic mass is 9.94. The zero-order valence-electron chi connectivity index (χ0n) is 13.0. The molecule has 3 heteroatoms. The summed E-state index contributed by atoms with van der Waals surface area (Å²) in [6.45, 7) is 7.49. The molecule has 1 N–H and O–H groups in total. The van der Waals surface area contributed by atoms with Crippen LogP contribution in [0.3, 0.4) is 0 Å². The normalized spacial score (nSPS) is 12.8. The molecule has 0 radical (unpaired) electrons. The van der Waals surface area contributed by atoms with E-state index in [0.29, 0.717) is 11.8 Å². The third kappa shape index (κ3) is 7.88. The molecule has 2 nitrogen and oxygen atoms in total. The van der Waals surface area contributed by atoms with E-state index in [1.54, 1.807) is 7.11 Å². The second-order valence-electron chi connectivity index (χ2n) is 5.88. The first-order valence-electron chi connectivity index (χ1n) is 7.56. The molecular formula is C17H28ClNO. The van der Waals surface area contributed by atoms with Gasteiger partial charge in [-0.25, -0.2) is 0 Å². The average Bonchev–Trinajstić information content (AvgIpc) is 2.41. The SMILES string of the molecule is COCCCC(CNCC(C)C)Cc1ccc(Cl)cc1. The molecule has 0 aliphatic heterocycles. The number of hydrogen-bond acceptors (Lipinski definition) is 2. The Labute approximate surface area is 128 Å². The van der Waals surface area contributed by atoms with E-state index in [-0.39, 0.29) is 0 Å². The molecule has 0 bridgehead atoms. The maximum atomic E-state index is 5.94. The molecule has 0 aliphatic rings. The Kier molecular flexibility index (Phi) is 8.92. The van der Waals surface area contributed by atoms with Crippen LogP contribution in [0.4, 0.5) is 0 Å². The Morgan fingerprint density at radius 2 is 1.85 bits per heavy atom. The van der Waals surface area contributed by atoms with Gasteiger partial charge < -0.3 is 10.1 Å². The highest BCUT2D eigenvalue weighted by Crippen LogP contribution is 2.16. The number of methoxy groups -OCH3 is 1. The first-order chi connectivity index (χ1) is 9.61. The summed E-state index contributed by atoms with van der Waals surface area (Å²) >= 11 is 5.94. The highest BCUT2D eigenvalue weighted by Gasteiger charge is 2.10. The minimum Gasteiger partial charge on any atom is -0.385 e. The number of hydrogen-bond donors (Lipinski definition) is 1. The fourth-order valence-electron chi connectivity index (χ4n) is 2.32. The van der Waals surface area contributed by atoms with E-state index in [2.05, 4.69) is 31.3 Å². The van der Waals surface area contributed by atoms with Crippen molar-refractivity contribution in [3.8, 4) is 0 Å². The van der Waals surface area contributed by atoms with Crippen LogP contribution in [0.2, 0.25) is 5.02 Å². The quantitative estimate of drug-likeness (QED) is 0.654. The molecule has 0 saturated heterocycles. The van der Waals surface area contributed by atoms with Crippen LogP contribution in [-0.2, 0) is 11.2 Å². The number of benzene rings is 1. The Morgan fingerprint density at radius 1 is 1.15 bits per heavy atom. The lowest BCUT2D eigenvalue weighted by Gasteiger charge is -2.18. The molecule has 114 valence electrons. The molecule has 0 spiro atoms. The molecular weight excluding hydrogens is 270 g/mol. The minimum atomic E-state index is 0.657. The molecule has 1 rings (SSSR count). The first kappa shape index (κ1) is 17.5. The van der Waals surface area contributed by atoms with Crippen LogP contribution in [0, 0.1) is 11.8 Å². The topological polar surface area (TPSA) is 21.3 Å². The fourth-order valence-corrected chi connectivity index (χ4v) is 2.45. The molecule has 0 saturated carbocycles. The van der Waals surface area contributed by atoms with Crippen molar-refractivity contribution >= 4 is 11.6 Å². The monoisotopic (exact) mass is 297 g/mol. The highest BCUT2D eigenvalue weighted by molar-refractivity contribution is 6.30. The first-order valence-corrected chi connectivity index (χ1v) is 7.93. The maximum Gasteiger partial charge on any atom is 0.0462 e. The third-order valence-corrected chi connectivity index (χ3v) is 3.64. The van der Waals surface area contributed by atoms with Gasteiger partial charge in [-0.15, -0.1) is 0 Å². The van der Waals surface area contributed by atoms with Crippen molar-refractivity contribution in [2.75, 3.05) is 26.8 Å². The van der Waals surface area contributed by atoms with Crippen LogP contribution in [0.15, 0.2) is 24.3 Å². The molecule has 0 aliphatic carbocycles. The summed E-state index contributed by atoms with van der Waals surface area (Å²) in [5.41, 5.74) is 1.36. The van der Waals surface area contributed by atoms with Gasteiger partial charge in [-0.1, -0.05) is 37.6 Å². The predicted molar refractivity (Wildman–Crippen MR) is 87.5 cm³/mol. The molecule has 0 aromatic heterocycles. The van der Waals surface area contributed by atoms with Gasteiger partial charge in [0, 0.05) is 18.7 Å². The second-order valence-corrected chi connectivity index (χ2v) is 6.32. The van der Waals surface area contributed by atoms with Crippen LogP contribution in [-0.4, -0.2) is 26.8 Å². The van der Waals surface area contributed by atoms with Crippen LogP contribution < -0.4 is 5.32 Å². The summed E-state index contributed by atoms with van der Waals surface area (Å²) in [7, 11) is 1.77. The van der Waals surface area contributed by atoms with Crippen molar-refractivity contribution < 1.29 is 4.74 Å². The molecule has 0 heterocycles. The molecule has 1 aromatic carbocycles. The molecule has 0 amide bonds. The molecule has 0 fully saturated rings.